The third-order valence-electron chi connectivity index (χ3n) is 2.67. The highest BCUT2D eigenvalue weighted by molar-refractivity contribution is 9.10. The predicted octanol–water partition coefficient (Wildman–Crippen LogP) is 4.02. The van der Waals surface area contributed by atoms with Gasteiger partial charge in [0.15, 0.2) is 0 Å². The molecule has 1 unspecified atom stereocenters. The molecule has 0 spiro atoms. The molecule has 0 amide bonds. The summed E-state index contributed by atoms with van der Waals surface area (Å²) in [7, 11) is 0. The van der Waals surface area contributed by atoms with E-state index in [1.165, 1.54) is 5.56 Å². The van der Waals surface area contributed by atoms with Crippen LogP contribution in [0.25, 0.3) is 0 Å². The van der Waals surface area contributed by atoms with Crippen molar-refractivity contribution in [1.29, 1.82) is 0 Å². The van der Waals surface area contributed by atoms with E-state index in [0.29, 0.717) is 6.61 Å². The molecule has 1 fully saturated rings. The summed E-state index contributed by atoms with van der Waals surface area (Å²) >= 11 is 6.97. The minimum atomic E-state index is -0.211. The van der Waals surface area contributed by atoms with Gasteiger partial charge in [0.1, 0.15) is 5.60 Å². The van der Waals surface area contributed by atoms with Crippen molar-refractivity contribution in [3.05, 3.63) is 46.5 Å². The summed E-state index contributed by atoms with van der Waals surface area (Å²) in [5.41, 5.74) is 2.16. The van der Waals surface area contributed by atoms with Crippen LogP contribution in [-0.4, -0.2) is 11.9 Å². The van der Waals surface area contributed by atoms with Crippen molar-refractivity contribution in [3.63, 3.8) is 0 Å². The molecule has 1 aliphatic rings. The summed E-state index contributed by atoms with van der Waals surface area (Å²) in [5.74, 6) is 0. The number of benzene rings is 1. The molecule has 1 aromatic carbocycles. The van der Waals surface area contributed by atoms with Crippen LogP contribution in [0, 0.1) is 0 Å². The van der Waals surface area contributed by atoms with E-state index in [9.17, 15) is 0 Å². The largest absolute Gasteiger partial charge is 0.365 e. The molecule has 1 atom stereocenters. The number of hydrogen-bond acceptors (Lipinski definition) is 1. The van der Waals surface area contributed by atoms with Crippen molar-refractivity contribution in [1.82, 2.24) is 0 Å². The zero-order valence-corrected chi connectivity index (χ0v) is 11.5. The summed E-state index contributed by atoms with van der Waals surface area (Å²) in [5, 5.41) is 0.806. The van der Waals surface area contributed by atoms with Crippen LogP contribution in [0.4, 0.5) is 0 Å². The summed E-state index contributed by atoms with van der Waals surface area (Å²) in [6.07, 6.45) is 0.903. The van der Waals surface area contributed by atoms with Gasteiger partial charge in [-0.15, -0.1) is 0 Å². The molecular formula is C12H12Br2O. The Morgan fingerprint density at radius 1 is 1.33 bits per heavy atom. The van der Waals surface area contributed by atoms with Crippen molar-refractivity contribution in [2.24, 2.45) is 0 Å². The predicted molar refractivity (Wildman–Crippen MR) is 69.3 cm³/mol. The lowest BCUT2D eigenvalue weighted by Gasteiger charge is -2.26. The first-order chi connectivity index (χ1) is 7.16. The van der Waals surface area contributed by atoms with Gasteiger partial charge in [-0.1, -0.05) is 50.6 Å². The summed E-state index contributed by atoms with van der Waals surface area (Å²) in [6.45, 7) is 4.65. The van der Waals surface area contributed by atoms with Crippen LogP contribution in [0.1, 0.15) is 12.0 Å². The molecule has 2 rings (SSSR count). The maximum Gasteiger partial charge on any atom is 0.107 e. The average molecular weight is 332 g/mol. The Morgan fingerprint density at radius 2 is 2.00 bits per heavy atom. The van der Waals surface area contributed by atoms with Crippen LogP contribution in [0.3, 0.4) is 0 Å². The molecule has 0 N–H and O–H groups in total. The van der Waals surface area contributed by atoms with Gasteiger partial charge in [-0.3, -0.25) is 0 Å². The lowest BCUT2D eigenvalue weighted by atomic mass is 9.92. The van der Waals surface area contributed by atoms with E-state index in [0.717, 1.165) is 21.8 Å². The molecule has 1 aromatic rings. The van der Waals surface area contributed by atoms with Gasteiger partial charge >= 0.3 is 0 Å². The monoisotopic (exact) mass is 330 g/mol. The van der Waals surface area contributed by atoms with E-state index < -0.39 is 0 Å². The minimum Gasteiger partial charge on any atom is -0.365 e. The zero-order chi connectivity index (χ0) is 10.9. The molecule has 0 radical (unpaired) electrons. The molecular weight excluding hydrogens is 320 g/mol. The number of alkyl halides is 1. The minimum absolute atomic E-state index is 0.211. The van der Waals surface area contributed by atoms with Gasteiger partial charge in [0, 0.05) is 16.2 Å². The van der Waals surface area contributed by atoms with Crippen molar-refractivity contribution in [3.8, 4) is 0 Å². The maximum atomic E-state index is 5.87. The van der Waals surface area contributed by atoms with Crippen molar-refractivity contribution in [2.75, 3.05) is 11.9 Å². The molecule has 3 heteroatoms. The third-order valence-corrected chi connectivity index (χ3v) is 4.11. The quantitative estimate of drug-likeness (QED) is 0.587. The highest BCUT2D eigenvalue weighted by atomic mass is 79.9. The Hall–Kier alpha value is -0.120. The summed E-state index contributed by atoms with van der Waals surface area (Å²) in [4.78, 5) is 0. The molecule has 1 saturated heterocycles. The number of ether oxygens (including phenoxy) is 1. The fourth-order valence-corrected chi connectivity index (χ4v) is 2.80. The molecule has 0 aliphatic carbocycles. The molecule has 1 nitrogen and oxygen atoms in total. The van der Waals surface area contributed by atoms with Gasteiger partial charge in [-0.2, -0.15) is 0 Å². The van der Waals surface area contributed by atoms with Crippen LogP contribution >= 0.6 is 31.9 Å². The van der Waals surface area contributed by atoms with E-state index in [2.05, 4.69) is 50.6 Å². The van der Waals surface area contributed by atoms with E-state index >= 15 is 0 Å². The van der Waals surface area contributed by atoms with Gasteiger partial charge in [-0.05, 0) is 23.3 Å². The van der Waals surface area contributed by atoms with Crippen LogP contribution in [0.15, 0.2) is 40.9 Å². The standard InChI is InChI=1S/C12H12Br2O/c1-9-6-12(8-13,15-7-9)10-2-4-11(14)5-3-10/h2-5H,1,6-8H2. The second-order valence-electron chi connectivity index (χ2n) is 3.85. The van der Waals surface area contributed by atoms with E-state index in [-0.39, 0.29) is 5.60 Å². The molecule has 0 saturated carbocycles. The van der Waals surface area contributed by atoms with Crippen LogP contribution in [-0.2, 0) is 10.3 Å². The maximum absolute atomic E-state index is 5.87. The normalized spacial score (nSPS) is 25.9. The Labute approximate surface area is 107 Å². The van der Waals surface area contributed by atoms with Gasteiger partial charge in [-0.25, -0.2) is 0 Å². The molecule has 0 aromatic heterocycles. The third kappa shape index (κ3) is 2.19. The second kappa shape index (κ2) is 4.40. The lowest BCUT2D eigenvalue weighted by molar-refractivity contribution is 0.0231. The van der Waals surface area contributed by atoms with Crippen molar-refractivity contribution < 1.29 is 4.74 Å². The molecule has 15 heavy (non-hydrogen) atoms. The molecule has 0 bridgehead atoms. The van der Waals surface area contributed by atoms with Gasteiger partial charge in [0.05, 0.1) is 6.61 Å². The highest BCUT2D eigenvalue weighted by Crippen LogP contribution is 2.39. The molecule has 80 valence electrons. The molecule has 1 heterocycles. The topological polar surface area (TPSA) is 9.23 Å². The highest BCUT2D eigenvalue weighted by Gasteiger charge is 2.37. The van der Waals surface area contributed by atoms with Crippen molar-refractivity contribution in [2.45, 2.75) is 12.0 Å². The first-order valence-electron chi connectivity index (χ1n) is 4.79. The van der Waals surface area contributed by atoms with E-state index in [1.54, 1.807) is 0 Å². The first-order valence-corrected chi connectivity index (χ1v) is 6.70. The summed E-state index contributed by atoms with van der Waals surface area (Å²) < 4.78 is 6.96. The van der Waals surface area contributed by atoms with Crippen LogP contribution < -0.4 is 0 Å². The van der Waals surface area contributed by atoms with Gasteiger partial charge < -0.3 is 4.74 Å². The fourth-order valence-electron chi connectivity index (χ4n) is 1.85. The number of rotatable bonds is 2. The van der Waals surface area contributed by atoms with E-state index in [4.69, 9.17) is 4.74 Å². The Bertz CT molecular complexity index is 372. The SMILES string of the molecule is C=C1COC(CBr)(c2ccc(Br)cc2)C1. The lowest BCUT2D eigenvalue weighted by Crippen LogP contribution is -2.26. The number of halogens is 2. The first kappa shape index (κ1) is 11.4. The van der Waals surface area contributed by atoms with Crippen LogP contribution in [0.2, 0.25) is 0 Å². The van der Waals surface area contributed by atoms with Crippen molar-refractivity contribution >= 4 is 31.9 Å². The Balaban J connectivity index is 2.34. The van der Waals surface area contributed by atoms with Gasteiger partial charge in [0.2, 0.25) is 0 Å². The smallest absolute Gasteiger partial charge is 0.107 e. The second-order valence-corrected chi connectivity index (χ2v) is 5.33. The Morgan fingerprint density at radius 3 is 2.47 bits per heavy atom. The fraction of sp³-hybridized carbons (Fsp3) is 0.333. The summed E-state index contributed by atoms with van der Waals surface area (Å²) in [6, 6.07) is 8.29. The van der Waals surface area contributed by atoms with E-state index in [1.807, 2.05) is 12.1 Å². The molecule has 1 aliphatic heterocycles. The number of hydrogen-bond donors (Lipinski definition) is 0. The van der Waals surface area contributed by atoms with Crippen LogP contribution in [0.5, 0.6) is 0 Å². The Kier molecular flexibility index (Phi) is 3.33. The van der Waals surface area contributed by atoms with Gasteiger partial charge in [0.25, 0.3) is 0 Å². The zero-order valence-electron chi connectivity index (χ0n) is 8.30. The average Bonchev–Trinajstić information content (AvgIpc) is 2.62.